The summed E-state index contributed by atoms with van der Waals surface area (Å²) in [7, 11) is -16.6. The van der Waals surface area contributed by atoms with Gasteiger partial charge in [0, 0.05) is 6.20 Å². The number of hydrogen-bond acceptors (Lipinski definition) is 11. The lowest BCUT2D eigenvalue weighted by Gasteiger charge is -2.19. The third-order valence-electron chi connectivity index (χ3n) is 3.97. The summed E-state index contributed by atoms with van der Waals surface area (Å²) in [5, 5.41) is 23.2. The molecule has 2 aromatic rings. The van der Waals surface area contributed by atoms with Crippen LogP contribution in [0.25, 0.3) is 10.1 Å². The molecule has 6 N–H and O–H groups in total. The number of aliphatic hydroxyl groups is 2. The first-order valence-corrected chi connectivity index (χ1v) is 13.9. The number of phosphoric ester groups is 1. The molecule has 0 radical (unpaired) electrons. The monoisotopic (exact) mass is 539 g/mol. The van der Waals surface area contributed by atoms with E-state index in [0.29, 0.717) is 4.64 Å². The van der Waals surface area contributed by atoms with Crippen LogP contribution in [-0.2, 0) is 31.6 Å². The Morgan fingerprint density at radius 2 is 1.74 bits per heavy atom. The molecule has 19 heteroatoms. The van der Waals surface area contributed by atoms with Crippen LogP contribution in [0.2, 0.25) is 0 Å². The smallest absolute Gasteiger partial charge is 0.387 e. The van der Waals surface area contributed by atoms with Crippen LogP contribution < -0.4 is 0 Å². The number of phosphoric acid groups is 3. The fraction of sp³-hybridized carbons (Fsp3) is 0.417. The first-order valence-electron chi connectivity index (χ1n) is 8.07. The summed E-state index contributed by atoms with van der Waals surface area (Å²) in [6, 6.07) is 3.55. The van der Waals surface area contributed by atoms with Gasteiger partial charge in [0.2, 0.25) is 0 Å². The van der Waals surface area contributed by atoms with Crippen LogP contribution in [0.1, 0.15) is 6.23 Å². The molecule has 6 atom stereocenters. The number of aromatic nitrogens is 1. The van der Waals surface area contributed by atoms with E-state index in [-0.39, 0.29) is 0 Å². The SMILES string of the molecule is O=P(O)(O)OP(=O)(O)OP(=O)(O)OCC1OC(n2ccc3ccsc3c2=S)C(O)C1O. The highest BCUT2D eigenvalue weighted by atomic mass is 32.1. The molecule has 14 nitrogen and oxygen atoms in total. The second-order valence-electron chi connectivity index (χ2n) is 6.17. The van der Waals surface area contributed by atoms with Crippen molar-refractivity contribution in [3.8, 4) is 0 Å². The van der Waals surface area contributed by atoms with E-state index in [0.717, 1.165) is 10.1 Å². The molecule has 0 saturated carbocycles. The Morgan fingerprint density at radius 3 is 2.39 bits per heavy atom. The number of ether oxygens (including phenoxy) is 1. The van der Waals surface area contributed by atoms with Crippen molar-refractivity contribution in [3.05, 3.63) is 28.4 Å². The predicted octanol–water partition coefficient (Wildman–Crippen LogP) is 1.39. The second-order valence-corrected chi connectivity index (χ2v) is 11.9. The molecule has 2 aromatic heterocycles. The van der Waals surface area contributed by atoms with Crippen molar-refractivity contribution in [3.63, 3.8) is 0 Å². The van der Waals surface area contributed by atoms with Gasteiger partial charge in [-0.25, -0.2) is 13.7 Å². The summed E-state index contributed by atoms with van der Waals surface area (Å²) in [6.45, 7) is -0.910. The third-order valence-corrected chi connectivity index (χ3v) is 9.25. The summed E-state index contributed by atoms with van der Waals surface area (Å²) in [5.41, 5.74) is 0. The van der Waals surface area contributed by atoms with E-state index in [1.54, 1.807) is 6.07 Å². The predicted molar refractivity (Wildman–Crippen MR) is 106 cm³/mol. The molecule has 174 valence electrons. The topological polar surface area (TPSA) is 214 Å². The van der Waals surface area contributed by atoms with E-state index in [9.17, 15) is 28.8 Å². The number of nitrogens with zero attached hydrogens (tertiary/aromatic N) is 1. The van der Waals surface area contributed by atoms with Crippen molar-refractivity contribution < 1.29 is 61.4 Å². The quantitative estimate of drug-likeness (QED) is 0.207. The molecule has 0 aliphatic carbocycles. The average Bonchev–Trinajstić information content (AvgIpc) is 3.17. The zero-order valence-electron chi connectivity index (χ0n) is 15.0. The molecular formula is C12H16NO13P3S2. The number of aliphatic hydroxyl groups excluding tert-OH is 2. The summed E-state index contributed by atoms with van der Waals surface area (Å²) >= 11 is 6.73. The van der Waals surface area contributed by atoms with Gasteiger partial charge in [0.05, 0.1) is 11.3 Å². The van der Waals surface area contributed by atoms with Gasteiger partial charge in [0.25, 0.3) is 0 Å². The van der Waals surface area contributed by atoms with Crippen LogP contribution in [0.3, 0.4) is 0 Å². The lowest BCUT2D eigenvalue weighted by atomic mass is 10.1. The number of rotatable bonds is 8. The van der Waals surface area contributed by atoms with Crippen LogP contribution in [0, 0.1) is 4.64 Å². The van der Waals surface area contributed by atoms with Gasteiger partial charge in [0.1, 0.15) is 23.0 Å². The fourth-order valence-electron chi connectivity index (χ4n) is 2.74. The highest BCUT2D eigenvalue weighted by Crippen LogP contribution is 2.66. The number of pyridine rings is 1. The van der Waals surface area contributed by atoms with Crippen LogP contribution in [0.5, 0.6) is 0 Å². The molecule has 31 heavy (non-hydrogen) atoms. The minimum atomic E-state index is -5.68. The molecule has 3 rings (SSSR count). The van der Waals surface area contributed by atoms with Crippen LogP contribution >= 0.6 is 47.0 Å². The Kier molecular flexibility index (Phi) is 7.42. The van der Waals surface area contributed by atoms with Crippen molar-refractivity contribution in [1.82, 2.24) is 4.57 Å². The van der Waals surface area contributed by atoms with Gasteiger partial charge >= 0.3 is 23.5 Å². The lowest BCUT2D eigenvalue weighted by Crippen LogP contribution is -2.33. The van der Waals surface area contributed by atoms with E-state index in [4.69, 9.17) is 31.6 Å². The Balaban J connectivity index is 1.69. The largest absolute Gasteiger partial charge is 0.490 e. The molecule has 0 aromatic carbocycles. The van der Waals surface area contributed by atoms with E-state index in [1.165, 1.54) is 22.1 Å². The summed E-state index contributed by atoms with van der Waals surface area (Å²) in [4.78, 5) is 35.6. The molecule has 3 heterocycles. The number of thiophene rings is 1. The van der Waals surface area contributed by atoms with Gasteiger partial charge in [-0.2, -0.15) is 8.62 Å². The first kappa shape index (κ1) is 25.2. The fourth-order valence-corrected chi connectivity index (χ4v) is 7.02. The van der Waals surface area contributed by atoms with E-state index in [1.807, 2.05) is 11.4 Å². The first-order chi connectivity index (χ1) is 14.2. The minimum Gasteiger partial charge on any atom is -0.387 e. The highest BCUT2D eigenvalue weighted by molar-refractivity contribution is 7.71. The minimum absolute atomic E-state index is 0.317. The Morgan fingerprint density at radius 1 is 1.06 bits per heavy atom. The maximum Gasteiger partial charge on any atom is 0.490 e. The maximum atomic E-state index is 11.8. The van der Waals surface area contributed by atoms with E-state index >= 15 is 0 Å². The molecule has 1 aliphatic heterocycles. The van der Waals surface area contributed by atoms with Crippen LogP contribution in [0.15, 0.2) is 23.7 Å². The van der Waals surface area contributed by atoms with E-state index in [2.05, 4.69) is 13.1 Å². The van der Waals surface area contributed by atoms with E-state index < -0.39 is 54.6 Å². The van der Waals surface area contributed by atoms with Gasteiger partial charge in [-0.1, -0.05) is 12.2 Å². The Bertz CT molecular complexity index is 1160. The molecule has 0 spiro atoms. The van der Waals surface area contributed by atoms with Crippen molar-refractivity contribution in [2.75, 3.05) is 6.61 Å². The summed E-state index contributed by atoms with van der Waals surface area (Å²) in [5.74, 6) is 0. The average molecular weight is 539 g/mol. The second kappa shape index (κ2) is 9.11. The number of hydrogen-bond donors (Lipinski definition) is 6. The Hall–Kier alpha value is -0.380. The van der Waals surface area contributed by atoms with Crippen molar-refractivity contribution in [2.45, 2.75) is 24.5 Å². The molecule has 1 saturated heterocycles. The number of fused-ring (bicyclic) bond motifs is 1. The summed E-state index contributed by atoms with van der Waals surface area (Å²) < 4.78 is 53.3. The lowest BCUT2D eigenvalue weighted by molar-refractivity contribution is -0.0525. The van der Waals surface area contributed by atoms with Crippen LogP contribution in [-0.4, -0.2) is 59.3 Å². The van der Waals surface area contributed by atoms with Gasteiger partial charge in [-0.3, -0.25) is 4.52 Å². The summed E-state index contributed by atoms with van der Waals surface area (Å²) in [6.07, 6.45) is -4.17. The molecule has 1 aliphatic rings. The third kappa shape index (κ3) is 6.15. The van der Waals surface area contributed by atoms with Crippen molar-refractivity contribution >= 4 is 57.1 Å². The molecule has 1 fully saturated rings. The van der Waals surface area contributed by atoms with Gasteiger partial charge in [-0.15, -0.1) is 11.3 Å². The van der Waals surface area contributed by atoms with Gasteiger partial charge in [0.15, 0.2) is 6.23 Å². The highest BCUT2D eigenvalue weighted by Gasteiger charge is 2.46. The van der Waals surface area contributed by atoms with Gasteiger partial charge < -0.3 is 39.1 Å². The zero-order valence-corrected chi connectivity index (χ0v) is 19.3. The standard InChI is InChI=1S/C12H16NO13P3S2/c14-8-7(5-23-28(19,20)26-29(21,22)25-27(16,17)18)24-11(9(8)15)13-3-1-6-2-4-31-10(6)12(13)30/h1-4,7-9,11,14-15H,5H2,(H,19,20)(H,21,22)(H2,16,17,18). The van der Waals surface area contributed by atoms with Gasteiger partial charge in [-0.05, 0) is 22.9 Å². The molecular weight excluding hydrogens is 523 g/mol. The normalized spacial score (nSPS) is 28.5. The molecule has 0 bridgehead atoms. The molecule has 6 unspecified atom stereocenters. The van der Waals surface area contributed by atoms with Crippen molar-refractivity contribution in [2.24, 2.45) is 0 Å². The Labute approximate surface area is 182 Å². The van der Waals surface area contributed by atoms with Crippen LogP contribution in [0.4, 0.5) is 0 Å². The zero-order chi connectivity index (χ0) is 23.2. The van der Waals surface area contributed by atoms with Crippen molar-refractivity contribution in [1.29, 1.82) is 0 Å². The maximum absolute atomic E-state index is 11.8. The molecule has 0 amide bonds.